The van der Waals surface area contributed by atoms with Crippen molar-refractivity contribution in [3.05, 3.63) is 33.8 Å². The van der Waals surface area contributed by atoms with E-state index in [9.17, 15) is 4.79 Å². The molecule has 102 valence electrons. The molecule has 0 heterocycles. The molecule has 18 heavy (non-hydrogen) atoms. The van der Waals surface area contributed by atoms with Gasteiger partial charge in [-0.3, -0.25) is 4.79 Å². The van der Waals surface area contributed by atoms with Gasteiger partial charge in [-0.25, -0.2) is 0 Å². The highest BCUT2D eigenvalue weighted by Gasteiger charge is 2.18. The first-order valence-electron chi connectivity index (χ1n) is 5.48. The summed E-state index contributed by atoms with van der Waals surface area (Å²) in [6.07, 6.45) is -0.0555. The summed E-state index contributed by atoms with van der Waals surface area (Å²) in [6.45, 7) is 6.34. The fourth-order valence-corrected chi connectivity index (χ4v) is 2.08. The van der Waals surface area contributed by atoms with Gasteiger partial charge in [0, 0.05) is 10.5 Å². The lowest BCUT2D eigenvalue weighted by Gasteiger charge is -2.21. The molecule has 1 aromatic carbocycles. The zero-order chi connectivity index (χ0) is 13.2. The van der Waals surface area contributed by atoms with Gasteiger partial charge in [-0.2, -0.15) is 0 Å². The summed E-state index contributed by atoms with van der Waals surface area (Å²) in [7, 11) is 0. The summed E-state index contributed by atoms with van der Waals surface area (Å²) in [5.41, 5.74) is 7.89. The summed E-state index contributed by atoms with van der Waals surface area (Å²) in [5, 5.41) is 8.75. The molecule has 0 bridgehead atoms. The Balaban J connectivity index is 0.00000289. The van der Waals surface area contributed by atoms with Crippen molar-refractivity contribution in [1.29, 1.82) is 0 Å². The number of carboxylic acids is 1. The maximum Gasteiger partial charge on any atom is 0.305 e. The van der Waals surface area contributed by atoms with Gasteiger partial charge in [0.1, 0.15) is 0 Å². The Hall–Kier alpha value is -0.580. The quantitative estimate of drug-likeness (QED) is 0.885. The van der Waals surface area contributed by atoms with Crippen molar-refractivity contribution in [3.63, 3.8) is 0 Å². The van der Waals surface area contributed by atoms with E-state index in [1.165, 1.54) is 0 Å². The fraction of sp³-hybridized carbons (Fsp3) is 0.462. The molecule has 0 aromatic heterocycles. The Labute approximate surface area is 122 Å². The Morgan fingerprint density at radius 1 is 1.39 bits per heavy atom. The summed E-state index contributed by atoms with van der Waals surface area (Å²) < 4.78 is 0.931. The monoisotopic (exact) mass is 335 g/mol. The van der Waals surface area contributed by atoms with E-state index in [1.54, 1.807) is 0 Å². The van der Waals surface area contributed by atoms with Crippen LogP contribution in [-0.4, -0.2) is 11.1 Å². The molecule has 0 aliphatic carbocycles. The first-order valence-corrected chi connectivity index (χ1v) is 6.28. The Morgan fingerprint density at radius 2 is 1.94 bits per heavy atom. The van der Waals surface area contributed by atoms with Crippen LogP contribution in [0.2, 0.25) is 0 Å². The third-order valence-corrected chi connectivity index (χ3v) is 3.07. The average molecular weight is 337 g/mol. The molecule has 0 radical (unpaired) electrons. The van der Waals surface area contributed by atoms with Gasteiger partial charge in [-0.05, 0) is 28.7 Å². The van der Waals surface area contributed by atoms with Gasteiger partial charge >= 0.3 is 5.97 Å². The van der Waals surface area contributed by atoms with E-state index >= 15 is 0 Å². The molecular formula is C13H19BrClNO2. The molecule has 0 saturated carbocycles. The zero-order valence-corrected chi connectivity index (χ0v) is 13.1. The SMILES string of the molecule is CC(C)(C)c1cc(Br)cc(C(N)CC(=O)O)c1.Cl. The second-order valence-corrected chi connectivity index (χ2v) is 6.14. The van der Waals surface area contributed by atoms with Gasteiger partial charge in [-0.1, -0.05) is 42.8 Å². The normalized spacial score (nSPS) is 12.7. The maximum absolute atomic E-state index is 10.7. The van der Waals surface area contributed by atoms with E-state index in [4.69, 9.17) is 10.8 Å². The predicted molar refractivity (Wildman–Crippen MR) is 79.3 cm³/mol. The largest absolute Gasteiger partial charge is 0.481 e. The average Bonchev–Trinajstić information content (AvgIpc) is 2.14. The molecule has 0 amide bonds. The van der Waals surface area contributed by atoms with Crippen LogP contribution in [0.15, 0.2) is 22.7 Å². The molecular weight excluding hydrogens is 318 g/mol. The molecule has 1 atom stereocenters. The first-order chi connectivity index (χ1) is 7.70. The zero-order valence-electron chi connectivity index (χ0n) is 10.7. The summed E-state index contributed by atoms with van der Waals surface area (Å²) in [4.78, 5) is 10.7. The smallest absolute Gasteiger partial charge is 0.305 e. The van der Waals surface area contributed by atoms with Crippen molar-refractivity contribution < 1.29 is 9.90 Å². The van der Waals surface area contributed by atoms with Crippen LogP contribution < -0.4 is 5.73 Å². The van der Waals surface area contributed by atoms with Crippen LogP contribution >= 0.6 is 28.3 Å². The van der Waals surface area contributed by atoms with Gasteiger partial charge in [-0.15, -0.1) is 12.4 Å². The number of nitrogens with two attached hydrogens (primary N) is 1. The molecule has 0 aliphatic rings. The van der Waals surface area contributed by atoms with E-state index in [-0.39, 0.29) is 24.2 Å². The number of halogens is 2. The second-order valence-electron chi connectivity index (χ2n) is 5.23. The predicted octanol–water partition coefficient (Wildman–Crippen LogP) is 3.64. The second kappa shape index (κ2) is 6.55. The third-order valence-electron chi connectivity index (χ3n) is 2.61. The molecule has 5 heteroatoms. The van der Waals surface area contributed by atoms with Gasteiger partial charge < -0.3 is 10.8 Å². The highest BCUT2D eigenvalue weighted by Crippen LogP contribution is 2.29. The molecule has 0 fully saturated rings. The van der Waals surface area contributed by atoms with E-state index in [2.05, 4.69) is 36.7 Å². The molecule has 0 spiro atoms. The van der Waals surface area contributed by atoms with Gasteiger partial charge in [0.2, 0.25) is 0 Å². The summed E-state index contributed by atoms with van der Waals surface area (Å²) in [6, 6.07) is 5.43. The van der Waals surface area contributed by atoms with Crippen LogP contribution in [0.25, 0.3) is 0 Å². The molecule has 3 N–H and O–H groups in total. The van der Waals surface area contributed by atoms with Crippen LogP contribution in [0.5, 0.6) is 0 Å². The van der Waals surface area contributed by atoms with E-state index < -0.39 is 12.0 Å². The highest BCUT2D eigenvalue weighted by atomic mass is 79.9. The van der Waals surface area contributed by atoms with Crippen molar-refractivity contribution >= 4 is 34.3 Å². The van der Waals surface area contributed by atoms with Crippen molar-refractivity contribution in [2.24, 2.45) is 5.73 Å². The van der Waals surface area contributed by atoms with Crippen molar-refractivity contribution in [3.8, 4) is 0 Å². The summed E-state index contributed by atoms with van der Waals surface area (Å²) >= 11 is 3.44. The van der Waals surface area contributed by atoms with E-state index in [1.807, 2.05) is 18.2 Å². The van der Waals surface area contributed by atoms with Crippen LogP contribution in [0.3, 0.4) is 0 Å². The van der Waals surface area contributed by atoms with Crippen molar-refractivity contribution in [2.75, 3.05) is 0 Å². The topological polar surface area (TPSA) is 63.3 Å². The standard InChI is InChI=1S/C13H18BrNO2.ClH/c1-13(2,3)9-4-8(5-10(14)6-9)11(15)7-12(16)17;/h4-6,11H,7,15H2,1-3H3,(H,16,17);1H. The molecule has 1 aromatic rings. The molecule has 3 nitrogen and oxygen atoms in total. The third kappa shape index (κ3) is 4.96. The molecule has 0 saturated heterocycles. The number of rotatable bonds is 3. The number of carbonyl (C=O) groups is 1. The van der Waals surface area contributed by atoms with Crippen LogP contribution in [-0.2, 0) is 10.2 Å². The number of carboxylic acid groups (broad SMARTS) is 1. The molecule has 1 rings (SSSR count). The minimum Gasteiger partial charge on any atom is -0.481 e. The maximum atomic E-state index is 10.7. The van der Waals surface area contributed by atoms with Crippen LogP contribution in [0.4, 0.5) is 0 Å². The summed E-state index contributed by atoms with van der Waals surface area (Å²) in [5.74, 6) is -0.880. The number of benzene rings is 1. The van der Waals surface area contributed by atoms with Crippen molar-refractivity contribution in [2.45, 2.75) is 38.6 Å². The molecule has 1 unspecified atom stereocenters. The lowest BCUT2D eigenvalue weighted by Crippen LogP contribution is -2.17. The van der Waals surface area contributed by atoms with Gasteiger partial charge in [0.15, 0.2) is 0 Å². The highest BCUT2D eigenvalue weighted by molar-refractivity contribution is 9.10. The lowest BCUT2D eigenvalue weighted by molar-refractivity contribution is -0.137. The molecule has 0 aliphatic heterocycles. The van der Waals surface area contributed by atoms with Gasteiger partial charge in [0.05, 0.1) is 6.42 Å². The van der Waals surface area contributed by atoms with Crippen LogP contribution in [0, 0.1) is 0 Å². The Morgan fingerprint density at radius 3 is 2.39 bits per heavy atom. The van der Waals surface area contributed by atoms with Gasteiger partial charge in [0.25, 0.3) is 0 Å². The fourth-order valence-electron chi connectivity index (χ4n) is 1.57. The first kappa shape index (κ1) is 17.4. The minimum atomic E-state index is -0.880. The Kier molecular flexibility index (Phi) is 6.34. The van der Waals surface area contributed by atoms with E-state index in [0.29, 0.717) is 0 Å². The number of hydrogen-bond donors (Lipinski definition) is 2. The lowest BCUT2D eigenvalue weighted by atomic mass is 9.85. The number of aliphatic carboxylic acids is 1. The van der Waals surface area contributed by atoms with E-state index in [0.717, 1.165) is 15.6 Å². The number of hydrogen-bond acceptors (Lipinski definition) is 2. The minimum absolute atomic E-state index is 0. The van der Waals surface area contributed by atoms with Crippen molar-refractivity contribution in [1.82, 2.24) is 0 Å². The van der Waals surface area contributed by atoms with Crippen LogP contribution in [0.1, 0.15) is 44.4 Å². The Bertz CT molecular complexity index is 429.